The first kappa shape index (κ1) is 20.0. The third kappa shape index (κ3) is 4.26. The summed E-state index contributed by atoms with van der Waals surface area (Å²) in [6.45, 7) is 6.35. The van der Waals surface area contributed by atoms with Crippen molar-refractivity contribution in [3.63, 3.8) is 0 Å². The summed E-state index contributed by atoms with van der Waals surface area (Å²) in [5.74, 6) is 1.54. The molecule has 1 saturated heterocycles. The number of morpholine rings is 1. The molecule has 0 bridgehead atoms. The minimum atomic E-state index is -0.482. The van der Waals surface area contributed by atoms with E-state index in [1.54, 1.807) is 24.5 Å². The molecule has 0 aliphatic carbocycles. The normalized spacial score (nSPS) is 16.3. The molecule has 1 aromatic carbocycles. The predicted molar refractivity (Wildman–Crippen MR) is 122 cm³/mol. The van der Waals surface area contributed by atoms with Gasteiger partial charge in [-0.3, -0.25) is 4.98 Å². The Hall–Kier alpha value is -3.92. The van der Waals surface area contributed by atoms with E-state index in [9.17, 15) is 4.79 Å². The first-order chi connectivity index (χ1) is 15.5. The molecule has 3 aromatic heterocycles. The highest BCUT2D eigenvalue weighted by Gasteiger charge is 2.17. The van der Waals surface area contributed by atoms with Gasteiger partial charge in [-0.05, 0) is 44.2 Å². The van der Waals surface area contributed by atoms with Gasteiger partial charge in [0.05, 0.1) is 30.1 Å². The zero-order valence-corrected chi connectivity index (χ0v) is 17.8. The molecule has 5 rings (SSSR count). The molecule has 1 aliphatic rings. The van der Waals surface area contributed by atoms with Crippen LogP contribution in [0.1, 0.15) is 12.5 Å². The molecular formula is C22H23N7O3. The number of ether oxygens (including phenoxy) is 1. The highest BCUT2D eigenvalue weighted by molar-refractivity contribution is 5.78. The van der Waals surface area contributed by atoms with Crippen LogP contribution in [0.15, 0.2) is 51.9 Å². The number of nitrogens with one attached hydrogen (secondary N) is 3. The Bertz CT molecular complexity index is 1300. The summed E-state index contributed by atoms with van der Waals surface area (Å²) >= 11 is 0. The number of oxazole rings is 1. The Morgan fingerprint density at radius 3 is 2.81 bits per heavy atom. The number of nitrogens with zero attached hydrogens (tertiary/aromatic N) is 4. The standard InChI is InChI=1S/C22H23N7O3/c1-13-10-24-21(26-16-4-6-19(23-11-16)29-7-8-31-14(2)12-29)28-20(13)25-15-3-5-18-17(9-15)27-22(30)32-18/h3-6,9-11,14H,7-8,12H2,1-2H3,(H,27,30)(H2,24,25,26,28)/t14-/m1/s1. The average Bonchev–Trinajstić information content (AvgIpc) is 3.16. The minimum Gasteiger partial charge on any atom is -0.408 e. The van der Waals surface area contributed by atoms with Crippen molar-refractivity contribution in [1.82, 2.24) is 19.9 Å². The molecule has 0 spiro atoms. The number of aromatic amines is 1. The van der Waals surface area contributed by atoms with Crippen LogP contribution in [-0.4, -0.2) is 45.7 Å². The van der Waals surface area contributed by atoms with E-state index >= 15 is 0 Å². The van der Waals surface area contributed by atoms with Gasteiger partial charge in [-0.25, -0.2) is 14.8 Å². The molecule has 3 N–H and O–H groups in total. The lowest BCUT2D eigenvalue weighted by Crippen LogP contribution is -2.41. The van der Waals surface area contributed by atoms with Crippen molar-refractivity contribution >= 4 is 40.1 Å². The van der Waals surface area contributed by atoms with Gasteiger partial charge in [0.1, 0.15) is 11.6 Å². The third-order valence-electron chi connectivity index (χ3n) is 5.22. The summed E-state index contributed by atoms with van der Waals surface area (Å²) < 4.78 is 10.6. The topological polar surface area (TPSA) is 121 Å². The van der Waals surface area contributed by atoms with Gasteiger partial charge >= 0.3 is 5.76 Å². The van der Waals surface area contributed by atoms with E-state index in [0.717, 1.165) is 35.8 Å². The van der Waals surface area contributed by atoms with Gasteiger partial charge in [0.25, 0.3) is 0 Å². The average molecular weight is 433 g/mol. The maximum Gasteiger partial charge on any atom is 0.417 e. The summed E-state index contributed by atoms with van der Waals surface area (Å²) in [6, 6.07) is 9.29. The molecule has 0 radical (unpaired) electrons. The van der Waals surface area contributed by atoms with E-state index in [0.29, 0.717) is 29.5 Å². The fourth-order valence-electron chi connectivity index (χ4n) is 3.60. The summed E-state index contributed by atoms with van der Waals surface area (Å²) in [5, 5.41) is 6.47. The van der Waals surface area contributed by atoms with Gasteiger partial charge in [-0.2, -0.15) is 4.98 Å². The number of hydrogen-bond donors (Lipinski definition) is 3. The largest absolute Gasteiger partial charge is 0.417 e. The first-order valence-electron chi connectivity index (χ1n) is 10.4. The summed E-state index contributed by atoms with van der Waals surface area (Å²) in [5.41, 5.74) is 3.57. The van der Waals surface area contributed by atoms with Crippen LogP contribution >= 0.6 is 0 Å². The van der Waals surface area contributed by atoms with Gasteiger partial charge in [0, 0.05) is 30.5 Å². The number of aryl methyl sites for hydroxylation is 1. The Morgan fingerprint density at radius 2 is 2.00 bits per heavy atom. The molecule has 4 aromatic rings. The van der Waals surface area contributed by atoms with Crippen molar-refractivity contribution in [2.75, 3.05) is 35.2 Å². The number of pyridine rings is 1. The molecule has 10 nitrogen and oxygen atoms in total. The lowest BCUT2D eigenvalue weighted by Gasteiger charge is -2.32. The SMILES string of the molecule is Cc1cnc(Nc2ccc(N3CCO[C@H](C)C3)nc2)nc1Nc1ccc2oc(=O)[nH]c2c1. The van der Waals surface area contributed by atoms with E-state index in [-0.39, 0.29) is 6.10 Å². The van der Waals surface area contributed by atoms with Crippen molar-refractivity contribution in [3.05, 3.63) is 58.8 Å². The van der Waals surface area contributed by atoms with E-state index < -0.39 is 5.76 Å². The predicted octanol–water partition coefficient (Wildman–Crippen LogP) is 3.33. The number of hydrogen-bond acceptors (Lipinski definition) is 9. The van der Waals surface area contributed by atoms with Crippen LogP contribution in [0, 0.1) is 6.92 Å². The molecule has 0 amide bonds. The number of anilines is 5. The molecule has 0 unspecified atom stereocenters. The molecule has 32 heavy (non-hydrogen) atoms. The zero-order chi connectivity index (χ0) is 22.1. The summed E-state index contributed by atoms with van der Waals surface area (Å²) in [7, 11) is 0. The van der Waals surface area contributed by atoms with Crippen molar-refractivity contribution in [2.24, 2.45) is 0 Å². The van der Waals surface area contributed by atoms with Crippen LogP contribution in [0.4, 0.5) is 29.0 Å². The summed E-state index contributed by atoms with van der Waals surface area (Å²) in [6.07, 6.45) is 3.71. The lowest BCUT2D eigenvalue weighted by atomic mass is 10.2. The maximum atomic E-state index is 11.4. The quantitative estimate of drug-likeness (QED) is 0.435. The van der Waals surface area contributed by atoms with E-state index in [2.05, 4.69) is 42.4 Å². The highest BCUT2D eigenvalue weighted by atomic mass is 16.5. The van der Waals surface area contributed by atoms with E-state index in [1.165, 1.54) is 0 Å². The zero-order valence-electron chi connectivity index (χ0n) is 17.8. The monoisotopic (exact) mass is 433 g/mol. The second kappa shape index (κ2) is 8.31. The fourth-order valence-corrected chi connectivity index (χ4v) is 3.60. The molecule has 164 valence electrons. The Morgan fingerprint density at radius 1 is 1.12 bits per heavy atom. The highest BCUT2D eigenvalue weighted by Crippen LogP contribution is 2.24. The van der Waals surface area contributed by atoms with Crippen LogP contribution in [0.2, 0.25) is 0 Å². The maximum absolute atomic E-state index is 11.4. The van der Waals surface area contributed by atoms with Crippen molar-refractivity contribution in [3.8, 4) is 0 Å². The van der Waals surface area contributed by atoms with Crippen LogP contribution in [0.25, 0.3) is 11.1 Å². The van der Waals surface area contributed by atoms with E-state index in [1.807, 2.05) is 25.1 Å². The number of rotatable bonds is 5. The Kier molecular flexibility index (Phi) is 5.20. The Balaban J connectivity index is 1.31. The van der Waals surface area contributed by atoms with Crippen molar-refractivity contribution < 1.29 is 9.15 Å². The molecule has 1 aliphatic heterocycles. The van der Waals surface area contributed by atoms with Crippen LogP contribution < -0.4 is 21.3 Å². The minimum absolute atomic E-state index is 0.199. The van der Waals surface area contributed by atoms with Crippen LogP contribution in [0.3, 0.4) is 0 Å². The molecule has 1 fully saturated rings. The van der Waals surface area contributed by atoms with E-state index in [4.69, 9.17) is 9.15 Å². The molecule has 10 heteroatoms. The van der Waals surface area contributed by atoms with Crippen molar-refractivity contribution in [2.45, 2.75) is 20.0 Å². The van der Waals surface area contributed by atoms with Gasteiger partial charge in [0.2, 0.25) is 5.95 Å². The first-order valence-corrected chi connectivity index (χ1v) is 10.4. The molecule has 1 atom stereocenters. The van der Waals surface area contributed by atoms with Crippen LogP contribution in [0.5, 0.6) is 0 Å². The molecule has 4 heterocycles. The number of H-pyrrole nitrogens is 1. The van der Waals surface area contributed by atoms with Gasteiger partial charge in [-0.15, -0.1) is 0 Å². The van der Waals surface area contributed by atoms with Gasteiger partial charge in [-0.1, -0.05) is 0 Å². The van der Waals surface area contributed by atoms with Crippen LogP contribution in [-0.2, 0) is 4.74 Å². The third-order valence-corrected chi connectivity index (χ3v) is 5.22. The molecule has 0 saturated carbocycles. The van der Waals surface area contributed by atoms with Crippen molar-refractivity contribution in [1.29, 1.82) is 0 Å². The number of benzene rings is 1. The summed E-state index contributed by atoms with van der Waals surface area (Å²) in [4.78, 5) is 29.8. The lowest BCUT2D eigenvalue weighted by molar-refractivity contribution is 0.0529. The fraction of sp³-hybridized carbons (Fsp3) is 0.273. The smallest absolute Gasteiger partial charge is 0.408 e. The van der Waals surface area contributed by atoms with Gasteiger partial charge < -0.3 is 24.7 Å². The second-order valence-electron chi connectivity index (χ2n) is 7.73. The number of fused-ring (bicyclic) bond motifs is 1. The Labute approximate surface area is 183 Å². The van der Waals surface area contributed by atoms with Gasteiger partial charge in [0.15, 0.2) is 5.58 Å². The number of aromatic nitrogens is 4. The second-order valence-corrected chi connectivity index (χ2v) is 7.73. The molecular weight excluding hydrogens is 410 g/mol.